The van der Waals surface area contributed by atoms with E-state index in [1.54, 1.807) is 0 Å². The molecule has 2 rings (SSSR count). The lowest BCUT2D eigenvalue weighted by atomic mass is 9.56. The summed E-state index contributed by atoms with van der Waals surface area (Å²) in [5.41, 5.74) is 0.0991. The lowest BCUT2D eigenvalue weighted by molar-refractivity contribution is -0.181. The zero-order chi connectivity index (χ0) is 11.3. The van der Waals surface area contributed by atoms with Crippen LogP contribution in [0.2, 0.25) is 0 Å². The van der Waals surface area contributed by atoms with E-state index in [-0.39, 0.29) is 17.6 Å². The van der Waals surface area contributed by atoms with Crippen LogP contribution in [0.15, 0.2) is 0 Å². The standard InChI is InChI=1S/C12H22O3/c1-8(13)9-5-6-12(9,4)10-7-14-11(2,3)15-10/h8-10,13H,5-7H2,1-4H3/t8?,9-,10+,12-/m0/s1. The van der Waals surface area contributed by atoms with Crippen LogP contribution in [0.25, 0.3) is 0 Å². The molecule has 3 nitrogen and oxygen atoms in total. The van der Waals surface area contributed by atoms with Crippen molar-refractivity contribution < 1.29 is 14.6 Å². The summed E-state index contributed by atoms with van der Waals surface area (Å²) in [5.74, 6) is -0.0908. The second kappa shape index (κ2) is 3.44. The van der Waals surface area contributed by atoms with Crippen molar-refractivity contribution in [1.82, 2.24) is 0 Å². The Kier molecular flexibility index (Phi) is 2.61. The van der Waals surface area contributed by atoms with Crippen molar-refractivity contribution in [2.24, 2.45) is 11.3 Å². The molecule has 1 N–H and O–H groups in total. The van der Waals surface area contributed by atoms with Gasteiger partial charge in [0.2, 0.25) is 0 Å². The van der Waals surface area contributed by atoms with E-state index in [1.165, 1.54) is 0 Å². The maximum atomic E-state index is 9.70. The van der Waals surface area contributed by atoms with Crippen molar-refractivity contribution in [2.75, 3.05) is 6.61 Å². The average Bonchev–Trinajstić information content (AvgIpc) is 2.42. The predicted octanol–water partition coefficient (Wildman–Crippen LogP) is 1.93. The summed E-state index contributed by atoms with van der Waals surface area (Å²) in [6.07, 6.45) is 2.14. The highest BCUT2D eigenvalue weighted by atomic mass is 16.7. The van der Waals surface area contributed by atoms with E-state index in [9.17, 15) is 5.11 Å². The van der Waals surface area contributed by atoms with Crippen LogP contribution in [0, 0.1) is 11.3 Å². The van der Waals surface area contributed by atoms with Crippen molar-refractivity contribution in [3.8, 4) is 0 Å². The molecule has 0 radical (unpaired) electrons. The molecule has 1 saturated carbocycles. The maximum Gasteiger partial charge on any atom is 0.163 e. The Labute approximate surface area is 91.8 Å². The van der Waals surface area contributed by atoms with Gasteiger partial charge in [-0.2, -0.15) is 0 Å². The monoisotopic (exact) mass is 214 g/mol. The van der Waals surface area contributed by atoms with Gasteiger partial charge in [-0.1, -0.05) is 6.92 Å². The highest BCUT2D eigenvalue weighted by molar-refractivity contribution is 5.01. The molecule has 0 bridgehead atoms. The summed E-state index contributed by atoms with van der Waals surface area (Å²) in [5, 5.41) is 9.70. The fourth-order valence-electron chi connectivity index (χ4n) is 2.97. The first-order chi connectivity index (χ1) is 6.85. The van der Waals surface area contributed by atoms with Gasteiger partial charge in [0.15, 0.2) is 5.79 Å². The fraction of sp³-hybridized carbons (Fsp3) is 1.00. The molecular formula is C12H22O3. The summed E-state index contributed by atoms with van der Waals surface area (Å²) in [7, 11) is 0. The van der Waals surface area contributed by atoms with Crippen molar-refractivity contribution in [3.05, 3.63) is 0 Å². The van der Waals surface area contributed by atoms with Crippen LogP contribution >= 0.6 is 0 Å². The molecule has 0 spiro atoms. The van der Waals surface area contributed by atoms with E-state index < -0.39 is 5.79 Å². The topological polar surface area (TPSA) is 38.7 Å². The lowest BCUT2D eigenvalue weighted by Crippen LogP contribution is -2.52. The van der Waals surface area contributed by atoms with E-state index in [4.69, 9.17) is 9.47 Å². The normalized spacial score (nSPS) is 46.2. The van der Waals surface area contributed by atoms with E-state index in [2.05, 4.69) is 6.92 Å². The van der Waals surface area contributed by atoms with Crippen LogP contribution in [0.5, 0.6) is 0 Å². The van der Waals surface area contributed by atoms with Gasteiger partial charge in [0.05, 0.1) is 18.8 Å². The number of aliphatic hydroxyl groups excluding tert-OH is 1. The van der Waals surface area contributed by atoms with Gasteiger partial charge in [0.25, 0.3) is 0 Å². The van der Waals surface area contributed by atoms with Gasteiger partial charge in [0.1, 0.15) is 0 Å². The summed E-state index contributed by atoms with van der Waals surface area (Å²) in [6.45, 7) is 8.65. The molecule has 1 unspecified atom stereocenters. The molecule has 2 fully saturated rings. The van der Waals surface area contributed by atoms with E-state index >= 15 is 0 Å². The van der Waals surface area contributed by atoms with Crippen LogP contribution in [0.4, 0.5) is 0 Å². The number of hydrogen-bond donors (Lipinski definition) is 1. The average molecular weight is 214 g/mol. The van der Waals surface area contributed by atoms with E-state index in [1.807, 2.05) is 20.8 Å². The van der Waals surface area contributed by atoms with Gasteiger partial charge in [-0.25, -0.2) is 0 Å². The number of ether oxygens (including phenoxy) is 2. The Morgan fingerprint density at radius 1 is 1.33 bits per heavy atom. The minimum Gasteiger partial charge on any atom is -0.393 e. The number of hydrogen-bond acceptors (Lipinski definition) is 3. The minimum atomic E-state index is -0.452. The zero-order valence-corrected chi connectivity index (χ0v) is 10.1. The quantitative estimate of drug-likeness (QED) is 0.763. The SMILES string of the molecule is CC(O)[C@@H]1CC[C@]1(C)[C@H]1COC(C)(C)O1. The Morgan fingerprint density at radius 3 is 2.33 bits per heavy atom. The number of aliphatic hydroxyl groups is 1. The second-order valence-corrected chi connectivity index (χ2v) is 5.71. The van der Waals surface area contributed by atoms with Gasteiger partial charge in [-0.3, -0.25) is 0 Å². The van der Waals surface area contributed by atoms with Crippen molar-refractivity contribution in [3.63, 3.8) is 0 Å². The molecule has 1 aliphatic heterocycles. The first-order valence-electron chi connectivity index (χ1n) is 5.85. The van der Waals surface area contributed by atoms with Gasteiger partial charge < -0.3 is 14.6 Å². The molecule has 0 aromatic carbocycles. The summed E-state index contributed by atoms with van der Waals surface area (Å²) >= 11 is 0. The van der Waals surface area contributed by atoms with Gasteiger partial charge in [-0.05, 0) is 39.5 Å². The molecule has 2 aliphatic rings. The van der Waals surface area contributed by atoms with Gasteiger partial charge in [-0.15, -0.1) is 0 Å². The highest BCUT2D eigenvalue weighted by Gasteiger charge is 2.54. The molecule has 1 aliphatic carbocycles. The van der Waals surface area contributed by atoms with Crippen molar-refractivity contribution in [1.29, 1.82) is 0 Å². The number of rotatable bonds is 2. The van der Waals surface area contributed by atoms with Gasteiger partial charge >= 0.3 is 0 Å². The molecule has 4 atom stereocenters. The van der Waals surface area contributed by atoms with Gasteiger partial charge in [0, 0.05) is 5.41 Å². The smallest absolute Gasteiger partial charge is 0.163 e. The predicted molar refractivity (Wildman–Crippen MR) is 57.4 cm³/mol. The Morgan fingerprint density at radius 2 is 2.00 bits per heavy atom. The summed E-state index contributed by atoms with van der Waals surface area (Å²) in [4.78, 5) is 0. The Bertz CT molecular complexity index is 249. The van der Waals surface area contributed by atoms with Crippen LogP contribution < -0.4 is 0 Å². The second-order valence-electron chi connectivity index (χ2n) is 5.71. The first kappa shape index (κ1) is 11.4. The maximum absolute atomic E-state index is 9.70. The molecule has 15 heavy (non-hydrogen) atoms. The Balaban J connectivity index is 2.05. The van der Waals surface area contributed by atoms with Crippen LogP contribution in [-0.2, 0) is 9.47 Å². The van der Waals surface area contributed by atoms with E-state index in [0.717, 1.165) is 12.8 Å². The minimum absolute atomic E-state index is 0.0991. The third kappa shape index (κ3) is 1.81. The third-order valence-electron chi connectivity index (χ3n) is 4.17. The molecule has 0 amide bonds. The van der Waals surface area contributed by atoms with Crippen LogP contribution in [0.3, 0.4) is 0 Å². The molecule has 0 aromatic rings. The molecule has 3 heteroatoms. The highest BCUT2D eigenvalue weighted by Crippen LogP contribution is 2.53. The molecule has 1 saturated heterocycles. The zero-order valence-electron chi connectivity index (χ0n) is 10.1. The first-order valence-corrected chi connectivity index (χ1v) is 5.85. The lowest BCUT2D eigenvalue weighted by Gasteiger charge is -2.51. The third-order valence-corrected chi connectivity index (χ3v) is 4.17. The fourth-order valence-corrected chi connectivity index (χ4v) is 2.97. The molecule has 88 valence electrons. The summed E-state index contributed by atoms with van der Waals surface area (Å²) < 4.78 is 11.5. The van der Waals surface area contributed by atoms with Crippen molar-refractivity contribution in [2.45, 2.75) is 58.5 Å². The van der Waals surface area contributed by atoms with Crippen LogP contribution in [-0.4, -0.2) is 29.7 Å². The summed E-state index contributed by atoms with van der Waals surface area (Å²) in [6, 6.07) is 0. The van der Waals surface area contributed by atoms with Crippen LogP contribution in [0.1, 0.15) is 40.5 Å². The van der Waals surface area contributed by atoms with Crippen molar-refractivity contribution >= 4 is 0 Å². The van der Waals surface area contributed by atoms with E-state index in [0.29, 0.717) is 12.5 Å². The molecular weight excluding hydrogens is 192 g/mol. The molecule has 1 heterocycles. The Hall–Kier alpha value is -0.120. The largest absolute Gasteiger partial charge is 0.393 e. The molecule has 0 aromatic heterocycles.